The number of aromatic carboxylic acids is 1. The summed E-state index contributed by atoms with van der Waals surface area (Å²) in [6, 6.07) is 11.5. The average Bonchev–Trinajstić information content (AvgIpc) is 2.87. The first-order chi connectivity index (χ1) is 17.1. The molecule has 0 bridgehead atoms. The third-order valence-electron chi connectivity index (χ3n) is 5.37. The number of carboxylic acids is 1. The zero-order valence-corrected chi connectivity index (χ0v) is 18.8. The Morgan fingerprint density at radius 1 is 1.14 bits per heavy atom. The maximum atomic E-state index is 13.0. The highest BCUT2D eigenvalue weighted by atomic mass is 16.6. The van der Waals surface area contributed by atoms with Crippen LogP contribution >= 0.6 is 0 Å². The molecule has 1 aliphatic rings. The van der Waals surface area contributed by atoms with E-state index < -0.39 is 63.0 Å². The number of anilines is 1. The van der Waals surface area contributed by atoms with Gasteiger partial charge in [-0.2, -0.15) is 5.26 Å². The van der Waals surface area contributed by atoms with E-state index in [1.165, 1.54) is 0 Å². The Bertz CT molecular complexity index is 1360. The number of nitro groups is 1. The van der Waals surface area contributed by atoms with Crippen molar-refractivity contribution in [3.05, 3.63) is 86.4 Å². The number of nitrogens with two attached hydrogens (primary N) is 1. The molecule has 3 rings (SSSR count). The summed E-state index contributed by atoms with van der Waals surface area (Å²) in [6.45, 7) is 0. The van der Waals surface area contributed by atoms with E-state index in [1.54, 1.807) is 30.3 Å². The second-order valence-electron chi connectivity index (χ2n) is 7.26. The molecule has 0 aliphatic carbocycles. The van der Waals surface area contributed by atoms with Gasteiger partial charge in [-0.25, -0.2) is 14.4 Å². The first-order valence-electron chi connectivity index (χ1n) is 9.99. The van der Waals surface area contributed by atoms with Crippen molar-refractivity contribution in [2.45, 2.75) is 5.92 Å². The molecule has 1 heterocycles. The highest BCUT2D eigenvalue weighted by Crippen LogP contribution is 2.45. The van der Waals surface area contributed by atoms with Gasteiger partial charge in [0, 0.05) is 6.07 Å². The predicted octanol–water partition coefficient (Wildman–Crippen LogP) is 1.90. The van der Waals surface area contributed by atoms with E-state index in [-0.39, 0.29) is 11.1 Å². The first-order valence-corrected chi connectivity index (χ1v) is 9.99. The van der Waals surface area contributed by atoms with Gasteiger partial charge in [-0.3, -0.25) is 15.0 Å². The molecule has 1 aliphatic heterocycles. The maximum Gasteiger partial charge on any atom is 0.355 e. The molecular weight excluding hydrogens is 476 g/mol. The maximum absolute atomic E-state index is 13.0. The number of methoxy groups -OCH3 is 2. The van der Waals surface area contributed by atoms with Gasteiger partial charge < -0.3 is 25.4 Å². The molecule has 0 amide bonds. The number of carboxylic acid groups (broad SMARTS) is 1. The quantitative estimate of drug-likeness (QED) is 0.299. The Kier molecular flexibility index (Phi) is 6.91. The van der Waals surface area contributed by atoms with E-state index >= 15 is 0 Å². The van der Waals surface area contributed by atoms with Gasteiger partial charge in [-0.15, -0.1) is 0 Å². The van der Waals surface area contributed by atoms with Crippen molar-refractivity contribution >= 4 is 29.3 Å². The van der Waals surface area contributed by atoms with Crippen molar-refractivity contribution in [2.24, 2.45) is 5.73 Å². The lowest BCUT2D eigenvalue weighted by molar-refractivity contribution is -0.385. The predicted molar refractivity (Wildman–Crippen MR) is 121 cm³/mol. The van der Waals surface area contributed by atoms with E-state index in [0.29, 0.717) is 5.56 Å². The topological polar surface area (TPSA) is 206 Å². The zero-order valence-electron chi connectivity index (χ0n) is 18.8. The summed E-state index contributed by atoms with van der Waals surface area (Å²) in [4.78, 5) is 49.0. The third kappa shape index (κ3) is 4.14. The second-order valence-corrected chi connectivity index (χ2v) is 7.26. The fourth-order valence-corrected chi connectivity index (χ4v) is 3.82. The monoisotopic (exact) mass is 494 g/mol. The van der Waals surface area contributed by atoms with E-state index in [9.17, 15) is 40.0 Å². The Morgan fingerprint density at radius 2 is 1.75 bits per heavy atom. The van der Waals surface area contributed by atoms with Crippen LogP contribution in [0.3, 0.4) is 0 Å². The smallest absolute Gasteiger partial charge is 0.355 e. The molecule has 0 saturated carbocycles. The fourth-order valence-electron chi connectivity index (χ4n) is 3.82. The molecule has 2 aromatic rings. The minimum Gasteiger partial charge on any atom is -0.501 e. The molecule has 0 spiro atoms. The minimum absolute atomic E-state index is 0.234. The van der Waals surface area contributed by atoms with Crippen LogP contribution in [0.5, 0.6) is 5.75 Å². The summed E-state index contributed by atoms with van der Waals surface area (Å²) < 4.78 is 9.72. The lowest BCUT2D eigenvalue weighted by Crippen LogP contribution is -2.40. The Hall–Kier alpha value is -5.38. The molecule has 1 unspecified atom stereocenters. The summed E-state index contributed by atoms with van der Waals surface area (Å²) in [6.07, 6.45) is 0. The number of benzene rings is 2. The van der Waals surface area contributed by atoms with Crippen LogP contribution in [0.25, 0.3) is 0 Å². The number of nitro benzene ring substituents is 1. The van der Waals surface area contributed by atoms with Gasteiger partial charge in [0.25, 0.3) is 0 Å². The lowest BCUT2D eigenvalue weighted by atomic mass is 9.81. The molecule has 13 nitrogen and oxygen atoms in total. The Labute approximate surface area is 203 Å². The number of hydrogen-bond acceptors (Lipinski definition) is 11. The Balaban J connectivity index is 2.50. The molecule has 0 radical (unpaired) electrons. The second kappa shape index (κ2) is 9.85. The summed E-state index contributed by atoms with van der Waals surface area (Å²) in [7, 11) is 2.04. The molecule has 1 atom stereocenters. The number of nitrogens with zero attached hydrogens (tertiary/aromatic N) is 3. The highest BCUT2D eigenvalue weighted by Gasteiger charge is 2.43. The van der Waals surface area contributed by atoms with Gasteiger partial charge in [0.15, 0.2) is 0 Å². The van der Waals surface area contributed by atoms with Gasteiger partial charge in [0.1, 0.15) is 17.1 Å². The van der Waals surface area contributed by atoms with Crippen molar-refractivity contribution in [3.8, 4) is 11.8 Å². The number of nitriles is 1. The molecule has 4 N–H and O–H groups in total. The number of hydrogen-bond donors (Lipinski definition) is 3. The summed E-state index contributed by atoms with van der Waals surface area (Å²) in [5, 5.41) is 41.1. The van der Waals surface area contributed by atoms with Gasteiger partial charge in [0.05, 0.1) is 48.0 Å². The van der Waals surface area contributed by atoms with Crippen molar-refractivity contribution in [1.82, 2.24) is 0 Å². The SMILES string of the molecule is COC(=O)C1=C(C(=O)OC)N(c2cc(C(=O)O)c(O)c([N+](=O)[O-])c2)C(N)=C(C#N)C1c1ccccc1. The van der Waals surface area contributed by atoms with Crippen molar-refractivity contribution in [3.63, 3.8) is 0 Å². The van der Waals surface area contributed by atoms with Crippen LogP contribution in [-0.4, -0.2) is 47.3 Å². The number of carbonyl (C=O) groups excluding carboxylic acids is 2. The summed E-state index contributed by atoms with van der Waals surface area (Å²) >= 11 is 0. The number of allylic oxidation sites excluding steroid dienone is 1. The molecule has 36 heavy (non-hydrogen) atoms. The minimum atomic E-state index is -1.73. The van der Waals surface area contributed by atoms with Gasteiger partial charge in [-0.05, 0) is 11.6 Å². The van der Waals surface area contributed by atoms with Crippen LogP contribution in [-0.2, 0) is 19.1 Å². The first kappa shape index (κ1) is 25.2. The molecule has 184 valence electrons. The number of esters is 2. The Morgan fingerprint density at radius 3 is 2.25 bits per heavy atom. The number of aromatic hydroxyl groups is 1. The van der Waals surface area contributed by atoms with Gasteiger partial charge >= 0.3 is 23.6 Å². The average molecular weight is 494 g/mol. The number of carbonyl (C=O) groups is 3. The van der Waals surface area contributed by atoms with E-state index in [1.807, 2.05) is 6.07 Å². The van der Waals surface area contributed by atoms with Gasteiger partial charge in [-0.1, -0.05) is 30.3 Å². The van der Waals surface area contributed by atoms with Crippen molar-refractivity contribution in [1.29, 1.82) is 5.26 Å². The number of ether oxygens (including phenoxy) is 2. The van der Waals surface area contributed by atoms with Crippen molar-refractivity contribution in [2.75, 3.05) is 19.1 Å². The van der Waals surface area contributed by atoms with E-state index in [4.69, 9.17) is 15.2 Å². The summed E-state index contributed by atoms with van der Waals surface area (Å²) in [5.41, 5.74) is 3.17. The van der Waals surface area contributed by atoms with E-state index in [2.05, 4.69) is 0 Å². The lowest BCUT2D eigenvalue weighted by Gasteiger charge is -2.35. The zero-order chi connectivity index (χ0) is 26.7. The number of rotatable bonds is 6. The molecular formula is C23H18N4O9. The van der Waals surface area contributed by atoms with Crippen LogP contribution in [0.1, 0.15) is 21.8 Å². The van der Waals surface area contributed by atoms with E-state index in [0.717, 1.165) is 31.3 Å². The normalized spacial score (nSPS) is 15.2. The largest absolute Gasteiger partial charge is 0.501 e. The molecule has 0 aromatic heterocycles. The summed E-state index contributed by atoms with van der Waals surface area (Å²) in [5.74, 6) is -6.67. The number of phenols is 1. The van der Waals surface area contributed by atoms with Gasteiger partial charge in [0.2, 0.25) is 5.75 Å². The molecule has 13 heteroatoms. The third-order valence-corrected chi connectivity index (χ3v) is 5.37. The molecule has 2 aromatic carbocycles. The van der Waals surface area contributed by atoms with Crippen LogP contribution in [0.4, 0.5) is 11.4 Å². The van der Waals surface area contributed by atoms with Crippen LogP contribution < -0.4 is 10.6 Å². The highest BCUT2D eigenvalue weighted by molar-refractivity contribution is 6.07. The molecule has 0 fully saturated rings. The van der Waals surface area contributed by atoms with Crippen LogP contribution in [0.15, 0.2) is 65.1 Å². The van der Waals surface area contributed by atoms with Crippen LogP contribution in [0, 0.1) is 21.4 Å². The van der Waals surface area contributed by atoms with Crippen LogP contribution in [0.2, 0.25) is 0 Å². The molecule has 0 saturated heterocycles. The van der Waals surface area contributed by atoms with Crippen molar-refractivity contribution < 1.29 is 39.0 Å². The fraction of sp³-hybridized carbons (Fsp3) is 0.130. The standard InChI is InChI=1S/C23H18N4O9/c1-35-22(31)17-16(11-6-4-3-5-7-11)14(10-24)20(25)26(18(17)23(32)36-2)12-8-13(21(29)30)19(28)15(9-12)27(33)34/h3-9,16,28H,25H2,1-2H3,(H,29,30).